The largest absolute Gasteiger partial charge is 0.508 e. The fourth-order valence-electron chi connectivity index (χ4n) is 3.36. The van der Waals surface area contributed by atoms with Crippen LogP contribution in [0.3, 0.4) is 0 Å². The molecule has 0 saturated carbocycles. The van der Waals surface area contributed by atoms with Crippen LogP contribution in [0.2, 0.25) is 0 Å². The summed E-state index contributed by atoms with van der Waals surface area (Å²) in [4.78, 5) is 18.9. The van der Waals surface area contributed by atoms with E-state index in [1.165, 1.54) is 0 Å². The molecule has 26 heavy (non-hydrogen) atoms. The zero-order valence-electron chi connectivity index (χ0n) is 14.2. The first-order valence-electron chi connectivity index (χ1n) is 8.60. The van der Waals surface area contributed by atoms with Crippen molar-refractivity contribution in [3.8, 4) is 11.6 Å². The number of hydrogen-bond acceptors (Lipinski definition) is 5. The van der Waals surface area contributed by atoms with Gasteiger partial charge in [0.05, 0.1) is 5.56 Å². The number of aromatic nitrogens is 4. The Balaban J connectivity index is 1.40. The molecule has 0 atom stereocenters. The second kappa shape index (κ2) is 6.95. The summed E-state index contributed by atoms with van der Waals surface area (Å²) in [5, 5.41) is 17.1. The minimum Gasteiger partial charge on any atom is -0.508 e. The average molecular weight is 349 g/mol. The number of pyridine rings is 1. The van der Waals surface area contributed by atoms with Crippen molar-refractivity contribution in [3.05, 3.63) is 66.4 Å². The molecule has 1 saturated heterocycles. The highest BCUT2D eigenvalue weighted by Crippen LogP contribution is 2.30. The van der Waals surface area contributed by atoms with E-state index in [0.29, 0.717) is 36.1 Å². The van der Waals surface area contributed by atoms with E-state index in [4.69, 9.17) is 0 Å². The molecule has 7 heteroatoms. The van der Waals surface area contributed by atoms with Gasteiger partial charge in [0.2, 0.25) is 0 Å². The predicted octanol–water partition coefficient (Wildman–Crippen LogP) is 2.39. The third-order valence-corrected chi connectivity index (χ3v) is 4.80. The molecule has 0 radical (unpaired) electrons. The van der Waals surface area contributed by atoms with Crippen LogP contribution in [0.5, 0.6) is 5.75 Å². The van der Waals surface area contributed by atoms with Crippen LogP contribution in [0.25, 0.3) is 5.82 Å². The Labute approximate surface area is 150 Å². The number of phenolic OH excluding ortho intramolecular Hbond substituents is 1. The number of benzene rings is 1. The van der Waals surface area contributed by atoms with Crippen LogP contribution < -0.4 is 0 Å². The van der Waals surface area contributed by atoms with Crippen molar-refractivity contribution in [1.82, 2.24) is 24.6 Å². The number of hydrogen-bond donors (Lipinski definition) is 1. The first-order chi connectivity index (χ1) is 12.7. The molecule has 0 bridgehead atoms. The van der Waals surface area contributed by atoms with E-state index in [1.807, 2.05) is 23.1 Å². The smallest absolute Gasteiger partial charge is 0.255 e. The predicted molar refractivity (Wildman–Crippen MR) is 95.1 cm³/mol. The van der Waals surface area contributed by atoms with E-state index in [9.17, 15) is 9.90 Å². The van der Waals surface area contributed by atoms with E-state index >= 15 is 0 Å². The maximum Gasteiger partial charge on any atom is 0.255 e. The van der Waals surface area contributed by atoms with Gasteiger partial charge < -0.3 is 10.0 Å². The molecule has 3 heterocycles. The Bertz CT molecular complexity index is 885. The molecular formula is C19H19N5O2. The maximum absolute atomic E-state index is 12.7. The van der Waals surface area contributed by atoms with Gasteiger partial charge in [-0.15, -0.1) is 10.2 Å². The molecule has 3 aromatic rings. The molecule has 0 unspecified atom stereocenters. The summed E-state index contributed by atoms with van der Waals surface area (Å²) in [7, 11) is 0. The highest BCUT2D eigenvalue weighted by molar-refractivity contribution is 5.94. The summed E-state index contributed by atoms with van der Waals surface area (Å²) in [6.07, 6.45) is 6.51. The number of carbonyl (C=O) groups is 1. The Hall–Kier alpha value is -3.22. The number of rotatable bonds is 3. The minimum atomic E-state index is 0.00200. The van der Waals surface area contributed by atoms with Crippen LogP contribution >= 0.6 is 0 Å². The fraction of sp³-hybridized carbons (Fsp3) is 0.263. The highest BCUT2D eigenvalue weighted by Gasteiger charge is 2.25. The molecule has 1 aliphatic heterocycles. The van der Waals surface area contributed by atoms with E-state index in [2.05, 4.69) is 15.2 Å². The lowest BCUT2D eigenvalue weighted by Gasteiger charge is -2.32. The first-order valence-corrected chi connectivity index (χ1v) is 8.60. The number of phenols is 1. The first kappa shape index (κ1) is 16.3. The zero-order valence-corrected chi connectivity index (χ0v) is 14.2. The van der Waals surface area contributed by atoms with Crippen LogP contribution in [0.15, 0.2) is 55.2 Å². The number of aromatic hydroxyl groups is 1. The molecule has 1 aliphatic rings. The number of piperidine rings is 1. The van der Waals surface area contributed by atoms with Gasteiger partial charge >= 0.3 is 0 Å². The van der Waals surface area contributed by atoms with E-state index in [1.54, 1.807) is 41.6 Å². The number of likely N-dealkylation sites (tertiary alicyclic amines) is 1. The van der Waals surface area contributed by atoms with Gasteiger partial charge in [-0.25, -0.2) is 4.98 Å². The monoisotopic (exact) mass is 349 g/mol. The Morgan fingerprint density at radius 1 is 1.08 bits per heavy atom. The molecule has 7 nitrogen and oxygen atoms in total. The van der Waals surface area contributed by atoms with E-state index in [0.717, 1.165) is 18.4 Å². The van der Waals surface area contributed by atoms with Crippen LogP contribution in [-0.2, 0) is 0 Å². The summed E-state index contributed by atoms with van der Waals surface area (Å²) in [6, 6.07) is 11.0. The molecule has 0 spiro atoms. The van der Waals surface area contributed by atoms with Crippen molar-refractivity contribution in [2.75, 3.05) is 13.1 Å². The molecule has 1 amide bonds. The lowest BCUT2D eigenvalue weighted by molar-refractivity contribution is 0.0712. The van der Waals surface area contributed by atoms with Gasteiger partial charge in [-0.05, 0) is 48.6 Å². The minimum absolute atomic E-state index is 0.00200. The number of amides is 1. The Morgan fingerprint density at radius 3 is 2.50 bits per heavy atom. The van der Waals surface area contributed by atoms with Crippen molar-refractivity contribution in [2.45, 2.75) is 18.8 Å². The van der Waals surface area contributed by atoms with Gasteiger partial charge in [-0.2, -0.15) is 0 Å². The third-order valence-electron chi connectivity index (χ3n) is 4.80. The molecular weight excluding hydrogens is 330 g/mol. The molecule has 4 rings (SSSR count). The van der Waals surface area contributed by atoms with Crippen molar-refractivity contribution >= 4 is 5.91 Å². The lowest BCUT2D eigenvalue weighted by Crippen LogP contribution is -2.38. The summed E-state index contributed by atoms with van der Waals surface area (Å²) in [5.74, 6) is 1.34. The molecule has 0 aliphatic carbocycles. The van der Waals surface area contributed by atoms with Crippen molar-refractivity contribution < 1.29 is 9.90 Å². The quantitative estimate of drug-likeness (QED) is 0.785. The van der Waals surface area contributed by atoms with E-state index < -0.39 is 0 Å². The van der Waals surface area contributed by atoms with Crippen molar-refractivity contribution in [1.29, 1.82) is 0 Å². The van der Waals surface area contributed by atoms with Crippen molar-refractivity contribution in [3.63, 3.8) is 0 Å². The second-order valence-electron chi connectivity index (χ2n) is 6.44. The van der Waals surface area contributed by atoms with Crippen molar-refractivity contribution in [2.24, 2.45) is 0 Å². The molecule has 1 fully saturated rings. The zero-order chi connectivity index (χ0) is 17.9. The van der Waals surface area contributed by atoms with Crippen LogP contribution in [0, 0.1) is 0 Å². The van der Waals surface area contributed by atoms with Gasteiger partial charge in [0, 0.05) is 19.3 Å². The van der Waals surface area contributed by atoms with Crippen LogP contribution in [-0.4, -0.2) is 48.8 Å². The van der Waals surface area contributed by atoms with Gasteiger partial charge in [-0.1, -0.05) is 12.1 Å². The summed E-state index contributed by atoms with van der Waals surface area (Å²) in [5.41, 5.74) is 1.72. The molecule has 132 valence electrons. The SMILES string of the molecule is O=C(c1ccc(-n2cnnc2)nc1)N1CCC(c2cccc(O)c2)CC1. The highest BCUT2D eigenvalue weighted by atomic mass is 16.3. The number of carbonyl (C=O) groups excluding carboxylic acids is 1. The third kappa shape index (κ3) is 3.28. The normalized spacial score (nSPS) is 15.2. The van der Waals surface area contributed by atoms with Gasteiger partial charge in [-0.3, -0.25) is 9.36 Å². The Morgan fingerprint density at radius 2 is 1.85 bits per heavy atom. The summed E-state index contributed by atoms with van der Waals surface area (Å²) in [6.45, 7) is 1.40. The Kier molecular flexibility index (Phi) is 4.35. The standard InChI is InChI=1S/C19H19N5O2/c25-17-3-1-2-15(10-17)14-6-8-23(9-7-14)19(26)16-4-5-18(20-11-16)24-12-21-22-13-24/h1-5,10-14,25H,6-9H2. The molecule has 1 aromatic carbocycles. The topological polar surface area (TPSA) is 84.1 Å². The number of nitrogens with zero attached hydrogens (tertiary/aromatic N) is 5. The lowest BCUT2D eigenvalue weighted by atomic mass is 9.89. The molecule has 1 N–H and O–H groups in total. The van der Waals surface area contributed by atoms with E-state index in [-0.39, 0.29) is 5.91 Å². The molecule has 2 aromatic heterocycles. The maximum atomic E-state index is 12.7. The van der Waals surface area contributed by atoms with Crippen LogP contribution in [0.4, 0.5) is 0 Å². The second-order valence-corrected chi connectivity index (χ2v) is 6.44. The van der Waals surface area contributed by atoms with Gasteiger partial charge in [0.25, 0.3) is 5.91 Å². The van der Waals surface area contributed by atoms with Gasteiger partial charge in [0.1, 0.15) is 24.2 Å². The van der Waals surface area contributed by atoms with Gasteiger partial charge in [0.15, 0.2) is 0 Å². The summed E-state index contributed by atoms with van der Waals surface area (Å²) >= 11 is 0. The fourth-order valence-corrected chi connectivity index (χ4v) is 3.36. The van der Waals surface area contributed by atoms with Crippen LogP contribution in [0.1, 0.15) is 34.7 Å². The average Bonchev–Trinajstić information content (AvgIpc) is 3.23. The summed E-state index contributed by atoms with van der Waals surface area (Å²) < 4.78 is 1.69.